The molecule has 0 bridgehead atoms. The molecule has 152 valence electrons. The molecule has 0 saturated heterocycles. The molecule has 1 heterocycles. The quantitative estimate of drug-likeness (QED) is 0.333. The molecule has 0 aliphatic rings. The number of hydrogen-bond acceptors (Lipinski definition) is 4. The van der Waals surface area contributed by atoms with Crippen LogP contribution >= 0.6 is 34.8 Å². The van der Waals surface area contributed by atoms with E-state index in [0.717, 1.165) is 16.6 Å². The topological polar surface area (TPSA) is 64.4 Å². The number of hydrogen-bond donors (Lipinski definition) is 1. The number of aryl methyl sites for hydroxylation is 1. The summed E-state index contributed by atoms with van der Waals surface area (Å²) >= 11 is 17.9. The maximum atomic E-state index is 12.3. The van der Waals surface area contributed by atoms with Crippen LogP contribution in [0.5, 0.6) is 5.75 Å². The van der Waals surface area contributed by atoms with E-state index < -0.39 is 0 Å². The molecular weight excluding hydrogens is 447 g/mol. The monoisotopic (exact) mass is 460 g/mol. The van der Waals surface area contributed by atoms with Crippen molar-refractivity contribution in [2.75, 3.05) is 11.9 Å². The molecule has 0 aliphatic heterocycles. The van der Waals surface area contributed by atoms with Gasteiger partial charge in [-0.05, 0) is 48.9 Å². The summed E-state index contributed by atoms with van der Waals surface area (Å²) < 4.78 is 11.3. The van der Waals surface area contributed by atoms with E-state index in [-0.39, 0.29) is 28.3 Å². The Morgan fingerprint density at radius 2 is 1.83 bits per heavy atom. The summed E-state index contributed by atoms with van der Waals surface area (Å²) in [4.78, 5) is 16.8. The number of carbonyl (C=O) groups excluding carboxylic acids is 1. The molecule has 1 amide bonds. The summed E-state index contributed by atoms with van der Waals surface area (Å²) in [5.41, 5.74) is 3.92. The first-order valence-electron chi connectivity index (χ1n) is 8.94. The Labute approximate surface area is 187 Å². The summed E-state index contributed by atoms with van der Waals surface area (Å²) in [6.45, 7) is 1.75. The number of rotatable bonds is 5. The van der Waals surface area contributed by atoms with Crippen LogP contribution in [0.15, 0.2) is 59.0 Å². The molecule has 1 aromatic heterocycles. The van der Waals surface area contributed by atoms with Gasteiger partial charge in [0.25, 0.3) is 5.91 Å². The lowest BCUT2D eigenvalue weighted by molar-refractivity contribution is -0.118. The highest BCUT2D eigenvalue weighted by Gasteiger charge is 2.12. The zero-order chi connectivity index (χ0) is 21.3. The fourth-order valence-corrected chi connectivity index (χ4v) is 3.44. The maximum Gasteiger partial charge on any atom is 0.262 e. The van der Waals surface area contributed by atoms with Gasteiger partial charge in [-0.1, -0.05) is 46.9 Å². The van der Waals surface area contributed by atoms with Crippen LogP contribution in [0.3, 0.4) is 0 Å². The molecule has 4 rings (SSSR count). The fourth-order valence-electron chi connectivity index (χ4n) is 2.85. The summed E-state index contributed by atoms with van der Waals surface area (Å²) in [6.07, 6.45) is 0. The van der Waals surface area contributed by atoms with Crippen molar-refractivity contribution in [2.24, 2.45) is 0 Å². The third kappa shape index (κ3) is 4.54. The van der Waals surface area contributed by atoms with Crippen LogP contribution in [0.25, 0.3) is 22.6 Å². The molecule has 8 heteroatoms. The van der Waals surface area contributed by atoms with E-state index in [1.807, 2.05) is 37.3 Å². The fraction of sp³-hybridized carbons (Fsp3) is 0.0909. The molecular formula is C22H15Cl3N2O3. The second kappa shape index (κ2) is 8.56. The molecule has 30 heavy (non-hydrogen) atoms. The summed E-state index contributed by atoms with van der Waals surface area (Å²) in [5.74, 6) is 0.393. The van der Waals surface area contributed by atoms with Crippen molar-refractivity contribution in [2.45, 2.75) is 6.92 Å². The zero-order valence-electron chi connectivity index (χ0n) is 15.7. The van der Waals surface area contributed by atoms with Gasteiger partial charge in [0.05, 0.1) is 15.1 Å². The number of aromatic nitrogens is 1. The largest absolute Gasteiger partial charge is 0.482 e. The van der Waals surface area contributed by atoms with Crippen molar-refractivity contribution in [1.29, 1.82) is 0 Å². The Balaban J connectivity index is 1.46. The number of fused-ring (bicyclic) bond motifs is 1. The summed E-state index contributed by atoms with van der Waals surface area (Å²) in [6, 6.07) is 16.0. The Hall–Kier alpha value is -2.73. The van der Waals surface area contributed by atoms with Crippen LogP contribution in [0.2, 0.25) is 15.1 Å². The predicted molar refractivity (Wildman–Crippen MR) is 120 cm³/mol. The van der Waals surface area contributed by atoms with Crippen molar-refractivity contribution >= 4 is 57.5 Å². The van der Waals surface area contributed by atoms with Crippen molar-refractivity contribution in [3.63, 3.8) is 0 Å². The van der Waals surface area contributed by atoms with Gasteiger partial charge < -0.3 is 14.5 Å². The van der Waals surface area contributed by atoms with E-state index in [2.05, 4.69) is 10.3 Å². The van der Waals surface area contributed by atoms with Gasteiger partial charge in [-0.15, -0.1) is 0 Å². The maximum absolute atomic E-state index is 12.3. The van der Waals surface area contributed by atoms with E-state index >= 15 is 0 Å². The second-order valence-electron chi connectivity index (χ2n) is 6.60. The second-order valence-corrected chi connectivity index (χ2v) is 7.83. The predicted octanol–water partition coefficient (Wildman–Crippen LogP) is 6.78. The molecule has 5 nitrogen and oxygen atoms in total. The average Bonchev–Trinajstić information content (AvgIpc) is 3.13. The van der Waals surface area contributed by atoms with Crippen LogP contribution in [0.1, 0.15) is 5.56 Å². The molecule has 0 atom stereocenters. The van der Waals surface area contributed by atoms with Crippen LogP contribution in [0.4, 0.5) is 5.69 Å². The Morgan fingerprint density at radius 3 is 2.67 bits per heavy atom. The Bertz CT molecular complexity index is 1250. The number of benzene rings is 3. The minimum Gasteiger partial charge on any atom is -0.482 e. The molecule has 0 spiro atoms. The van der Waals surface area contributed by atoms with E-state index in [1.54, 1.807) is 12.1 Å². The molecule has 0 aliphatic carbocycles. The van der Waals surface area contributed by atoms with Gasteiger partial charge in [0.1, 0.15) is 11.3 Å². The number of nitrogens with zero attached hydrogens (tertiary/aromatic N) is 1. The SMILES string of the molecule is Cc1ccc2oc(-c3cccc(NC(=O)COc4cc(Cl)c(Cl)cc4Cl)c3)nc2c1. The van der Waals surface area contributed by atoms with E-state index in [4.69, 9.17) is 44.0 Å². The zero-order valence-corrected chi connectivity index (χ0v) is 18.0. The molecule has 0 unspecified atom stereocenters. The minimum absolute atomic E-state index is 0.246. The van der Waals surface area contributed by atoms with Crippen LogP contribution in [-0.4, -0.2) is 17.5 Å². The highest BCUT2D eigenvalue weighted by Crippen LogP contribution is 2.34. The van der Waals surface area contributed by atoms with Gasteiger partial charge in [0.15, 0.2) is 12.2 Å². The van der Waals surface area contributed by atoms with Gasteiger partial charge in [0, 0.05) is 17.3 Å². The van der Waals surface area contributed by atoms with Crippen LogP contribution in [0, 0.1) is 6.92 Å². The molecule has 4 aromatic rings. The number of carbonyl (C=O) groups is 1. The number of ether oxygens (including phenoxy) is 1. The minimum atomic E-state index is -0.359. The van der Waals surface area contributed by atoms with Crippen LogP contribution < -0.4 is 10.1 Å². The van der Waals surface area contributed by atoms with E-state index in [0.29, 0.717) is 22.2 Å². The highest BCUT2D eigenvalue weighted by atomic mass is 35.5. The van der Waals surface area contributed by atoms with E-state index in [1.165, 1.54) is 12.1 Å². The van der Waals surface area contributed by atoms with Crippen molar-refractivity contribution in [1.82, 2.24) is 4.98 Å². The van der Waals surface area contributed by atoms with Crippen molar-refractivity contribution in [3.05, 3.63) is 75.2 Å². The number of anilines is 1. The van der Waals surface area contributed by atoms with Crippen LogP contribution in [-0.2, 0) is 4.79 Å². The number of nitrogens with one attached hydrogen (secondary N) is 1. The van der Waals surface area contributed by atoms with Crippen molar-refractivity contribution in [3.8, 4) is 17.2 Å². The number of halogens is 3. The third-order valence-electron chi connectivity index (χ3n) is 4.27. The standard InChI is InChI=1S/C22H15Cl3N2O3/c1-12-5-6-19-18(7-12)27-22(30-19)13-3-2-4-14(8-13)26-21(28)11-29-20-10-16(24)15(23)9-17(20)25/h2-10H,11H2,1H3,(H,26,28). The third-order valence-corrected chi connectivity index (χ3v) is 5.29. The van der Waals surface area contributed by atoms with Gasteiger partial charge in [-0.2, -0.15) is 0 Å². The highest BCUT2D eigenvalue weighted by molar-refractivity contribution is 6.43. The Morgan fingerprint density at radius 1 is 1.03 bits per heavy atom. The number of amides is 1. The lowest BCUT2D eigenvalue weighted by Crippen LogP contribution is -2.20. The lowest BCUT2D eigenvalue weighted by Gasteiger charge is -2.10. The van der Waals surface area contributed by atoms with Crippen molar-refractivity contribution < 1.29 is 13.9 Å². The molecule has 0 radical (unpaired) electrons. The van der Waals surface area contributed by atoms with E-state index in [9.17, 15) is 4.79 Å². The first kappa shape index (κ1) is 20.5. The summed E-state index contributed by atoms with van der Waals surface area (Å²) in [7, 11) is 0. The van der Waals surface area contributed by atoms with Gasteiger partial charge in [-0.3, -0.25) is 4.79 Å². The normalized spacial score (nSPS) is 10.9. The average molecular weight is 462 g/mol. The first-order valence-corrected chi connectivity index (χ1v) is 10.1. The lowest BCUT2D eigenvalue weighted by atomic mass is 10.2. The summed E-state index contributed by atoms with van der Waals surface area (Å²) in [5, 5.41) is 3.64. The van der Waals surface area contributed by atoms with Gasteiger partial charge >= 0.3 is 0 Å². The van der Waals surface area contributed by atoms with Gasteiger partial charge in [-0.25, -0.2) is 4.98 Å². The number of oxazole rings is 1. The molecule has 0 fully saturated rings. The van der Waals surface area contributed by atoms with Gasteiger partial charge in [0.2, 0.25) is 5.89 Å². The molecule has 3 aromatic carbocycles. The smallest absolute Gasteiger partial charge is 0.262 e. The molecule has 1 N–H and O–H groups in total. The Kier molecular flexibility index (Phi) is 5.86. The molecule has 0 saturated carbocycles. The first-order chi connectivity index (χ1) is 14.4.